The van der Waals surface area contributed by atoms with Crippen molar-refractivity contribution in [2.24, 2.45) is 0 Å². The van der Waals surface area contributed by atoms with Gasteiger partial charge in [0.05, 0.1) is 4.90 Å². The van der Waals surface area contributed by atoms with Gasteiger partial charge in [0.25, 0.3) is 0 Å². The molecular formula is C9H12NO2S. The van der Waals surface area contributed by atoms with E-state index in [1.54, 1.807) is 44.2 Å². The molecule has 0 aromatic heterocycles. The predicted molar refractivity (Wildman–Crippen MR) is 51.4 cm³/mol. The highest BCUT2D eigenvalue weighted by Crippen LogP contribution is 2.08. The van der Waals surface area contributed by atoms with E-state index < -0.39 is 10.0 Å². The topological polar surface area (TPSA) is 46.2 Å². The summed E-state index contributed by atoms with van der Waals surface area (Å²) in [7, 11) is -3.35. The summed E-state index contributed by atoms with van der Waals surface area (Å²) in [6.45, 7) is 3.42. The highest BCUT2D eigenvalue weighted by atomic mass is 32.2. The van der Waals surface area contributed by atoms with Gasteiger partial charge in [0.1, 0.15) is 0 Å². The molecule has 0 fully saturated rings. The van der Waals surface area contributed by atoms with Crippen LogP contribution in [0.15, 0.2) is 35.2 Å². The number of hydrogen-bond acceptors (Lipinski definition) is 2. The van der Waals surface area contributed by atoms with Crippen molar-refractivity contribution in [3.05, 3.63) is 36.4 Å². The molecule has 0 saturated carbocycles. The van der Waals surface area contributed by atoms with Gasteiger partial charge in [-0.3, -0.25) is 0 Å². The van der Waals surface area contributed by atoms with Crippen molar-refractivity contribution in [2.75, 3.05) is 0 Å². The SMILES string of the molecule is C[C](C)NS(=O)(=O)c1ccccc1. The molecule has 1 rings (SSSR count). The molecule has 1 N–H and O–H groups in total. The Balaban J connectivity index is 2.96. The summed E-state index contributed by atoms with van der Waals surface area (Å²) in [5.41, 5.74) is 0. The summed E-state index contributed by atoms with van der Waals surface area (Å²) < 4.78 is 25.4. The van der Waals surface area contributed by atoms with E-state index in [1.165, 1.54) is 0 Å². The molecule has 0 saturated heterocycles. The van der Waals surface area contributed by atoms with Crippen LogP contribution in [0.1, 0.15) is 13.8 Å². The average Bonchev–Trinajstić information content (AvgIpc) is 2.04. The molecule has 0 amide bonds. The van der Waals surface area contributed by atoms with Crippen molar-refractivity contribution in [1.29, 1.82) is 0 Å². The van der Waals surface area contributed by atoms with Crippen LogP contribution in [-0.4, -0.2) is 8.42 Å². The molecular weight excluding hydrogens is 186 g/mol. The third-order valence-corrected chi connectivity index (χ3v) is 2.96. The Morgan fingerprint density at radius 3 is 2.15 bits per heavy atom. The Bertz CT molecular complexity index is 356. The fourth-order valence-corrected chi connectivity index (χ4v) is 2.10. The number of rotatable bonds is 3. The first-order valence-corrected chi connectivity index (χ1v) is 5.39. The van der Waals surface area contributed by atoms with Crippen LogP contribution >= 0.6 is 0 Å². The van der Waals surface area contributed by atoms with Crippen LogP contribution in [0.2, 0.25) is 0 Å². The molecule has 0 bridgehead atoms. The predicted octanol–water partition coefficient (Wildman–Crippen LogP) is 1.54. The van der Waals surface area contributed by atoms with Gasteiger partial charge in [0.15, 0.2) is 0 Å². The maximum Gasteiger partial charge on any atom is 0.241 e. The fourth-order valence-electron chi connectivity index (χ4n) is 0.927. The van der Waals surface area contributed by atoms with Crippen LogP contribution in [-0.2, 0) is 10.0 Å². The Kier molecular flexibility index (Phi) is 3.06. The molecule has 0 atom stereocenters. The summed E-state index contributed by atoms with van der Waals surface area (Å²) in [6, 6.07) is 8.95. The smallest absolute Gasteiger partial charge is 0.207 e. The van der Waals surface area contributed by atoms with Gasteiger partial charge in [-0.25, -0.2) is 13.1 Å². The van der Waals surface area contributed by atoms with E-state index in [0.717, 1.165) is 0 Å². The molecule has 13 heavy (non-hydrogen) atoms. The zero-order chi connectivity index (χ0) is 9.90. The normalized spacial score (nSPS) is 11.9. The number of sulfonamides is 1. The summed E-state index contributed by atoms with van der Waals surface area (Å²) in [4.78, 5) is 0.288. The molecule has 4 heteroatoms. The lowest BCUT2D eigenvalue weighted by Gasteiger charge is -2.07. The summed E-state index contributed by atoms with van der Waals surface area (Å²) >= 11 is 0. The van der Waals surface area contributed by atoms with E-state index in [-0.39, 0.29) is 4.90 Å². The average molecular weight is 198 g/mol. The second-order valence-corrected chi connectivity index (χ2v) is 4.60. The van der Waals surface area contributed by atoms with Crippen LogP contribution in [0.25, 0.3) is 0 Å². The van der Waals surface area contributed by atoms with Crippen LogP contribution in [0, 0.1) is 6.04 Å². The van der Waals surface area contributed by atoms with Gasteiger partial charge >= 0.3 is 0 Å². The molecule has 0 aliphatic carbocycles. The molecule has 1 radical (unpaired) electrons. The van der Waals surface area contributed by atoms with Gasteiger partial charge in [-0.1, -0.05) is 18.2 Å². The molecule has 1 aromatic carbocycles. The minimum atomic E-state index is -3.35. The molecule has 1 aromatic rings. The Labute approximate surface area is 78.8 Å². The number of nitrogens with one attached hydrogen (secondary N) is 1. The van der Waals surface area contributed by atoms with Gasteiger partial charge in [-0.15, -0.1) is 0 Å². The minimum Gasteiger partial charge on any atom is -0.207 e. The quantitative estimate of drug-likeness (QED) is 0.800. The highest BCUT2D eigenvalue weighted by molar-refractivity contribution is 7.89. The molecule has 0 unspecified atom stereocenters. The summed E-state index contributed by atoms with van der Waals surface area (Å²) in [5.74, 6) is 0. The molecule has 3 nitrogen and oxygen atoms in total. The summed E-state index contributed by atoms with van der Waals surface area (Å²) in [6.07, 6.45) is 0. The Morgan fingerprint density at radius 1 is 1.15 bits per heavy atom. The standard InChI is InChI=1S/C9H12NO2S/c1-8(2)10-13(11,12)9-6-4-3-5-7-9/h3-7,10H,1-2H3. The van der Waals surface area contributed by atoms with Crippen molar-refractivity contribution < 1.29 is 8.42 Å². The largest absolute Gasteiger partial charge is 0.241 e. The molecule has 0 aliphatic rings. The minimum absolute atomic E-state index is 0.288. The zero-order valence-corrected chi connectivity index (χ0v) is 8.43. The third kappa shape index (κ3) is 2.82. The van der Waals surface area contributed by atoms with E-state index in [0.29, 0.717) is 6.04 Å². The van der Waals surface area contributed by atoms with E-state index in [9.17, 15) is 8.42 Å². The lowest BCUT2D eigenvalue weighted by molar-refractivity contribution is 0.583. The molecule has 0 heterocycles. The van der Waals surface area contributed by atoms with Gasteiger partial charge in [0, 0.05) is 6.04 Å². The van der Waals surface area contributed by atoms with Crippen LogP contribution in [0.5, 0.6) is 0 Å². The zero-order valence-electron chi connectivity index (χ0n) is 7.61. The van der Waals surface area contributed by atoms with Crippen LogP contribution in [0.3, 0.4) is 0 Å². The number of hydrogen-bond donors (Lipinski definition) is 1. The maximum atomic E-state index is 11.5. The summed E-state index contributed by atoms with van der Waals surface area (Å²) in [5, 5.41) is 0. The van der Waals surface area contributed by atoms with Crippen molar-refractivity contribution in [2.45, 2.75) is 18.7 Å². The lowest BCUT2D eigenvalue weighted by Crippen LogP contribution is -2.24. The van der Waals surface area contributed by atoms with E-state index in [2.05, 4.69) is 4.72 Å². The fraction of sp³-hybridized carbons (Fsp3) is 0.222. The van der Waals surface area contributed by atoms with Crippen molar-refractivity contribution in [3.8, 4) is 0 Å². The van der Waals surface area contributed by atoms with E-state index in [4.69, 9.17) is 0 Å². The molecule has 71 valence electrons. The molecule has 0 aliphatic heterocycles. The van der Waals surface area contributed by atoms with Crippen molar-refractivity contribution >= 4 is 10.0 Å². The van der Waals surface area contributed by atoms with E-state index in [1.807, 2.05) is 0 Å². The van der Waals surface area contributed by atoms with Crippen molar-refractivity contribution in [3.63, 3.8) is 0 Å². The third-order valence-electron chi connectivity index (χ3n) is 1.39. The Morgan fingerprint density at radius 2 is 1.69 bits per heavy atom. The van der Waals surface area contributed by atoms with Crippen LogP contribution < -0.4 is 4.72 Å². The number of benzene rings is 1. The maximum absolute atomic E-state index is 11.5. The van der Waals surface area contributed by atoms with E-state index >= 15 is 0 Å². The van der Waals surface area contributed by atoms with Crippen molar-refractivity contribution in [1.82, 2.24) is 4.72 Å². The first-order valence-electron chi connectivity index (χ1n) is 3.90. The second kappa shape index (κ2) is 3.89. The van der Waals surface area contributed by atoms with Gasteiger partial charge < -0.3 is 0 Å². The van der Waals surface area contributed by atoms with Crippen LogP contribution in [0.4, 0.5) is 0 Å². The van der Waals surface area contributed by atoms with Gasteiger partial charge in [0.2, 0.25) is 10.0 Å². The Hall–Kier alpha value is -0.870. The first kappa shape index (κ1) is 10.2. The van der Waals surface area contributed by atoms with Gasteiger partial charge in [-0.05, 0) is 26.0 Å². The highest BCUT2D eigenvalue weighted by Gasteiger charge is 2.13. The first-order chi connectivity index (χ1) is 6.02. The second-order valence-electron chi connectivity index (χ2n) is 2.92. The van der Waals surface area contributed by atoms with Gasteiger partial charge in [-0.2, -0.15) is 0 Å². The monoisotopic (exact) mass is 198 g/mol. The lowest BCUT2D eigenvalue weighted by atomic mass is 10.4. The molecule has 0 spiro atoms.